The number of rotatable bonds is 4. The molecule has 6 heteroatoms. The van der Waals surface area contributed by atoms with Gasteiger partial charge < -0.3 is 18.8 Å². The Labute approximate surface area is 146 Å². The lowest BCUT2D eigenvalue weighted by molar-refractivity contribution is -0.0397. The quantitative estimate of drug-likeness (QED) is 0.855. The minimum absolute atomic E-state index is 0.0205. The topological polar surface area (TPSA) is 75.7 Å². The van der Waals surface area contributed by atoms with Crippen molar-refractivity contribution in [3.05, 3.63) is 53.5 Å². The van der Waals surface area contributed by atoms with Crippen LogP contribution in [0.3, 0.4) is 0 Å². The summed E-state index contributed by atoms with van der Waals surface area (Å²) in [7, 11) is 0. The van der Waals surface area contributed by atoms with E-state index in [4.69, 9.17) is 19.2 Å². The van der Waals surface area contributed by atoms with Crippen molar-refractivity contribution in [2.75, 3.05) is 13.2 Å². The Kier molecular flexibility index (Phi) is 5.05. The van der Waals surface area contributed by atoms with Gasteiger partial charge in [0.2, 0.25) is 0 Å². The summed E-state index contributed by atoms with van der Waals surface area (Å²) in [5.74, 6) is 1.38. The molecule has 2 unspecified atom stereocenters. The summed E-state index contributed by atoms with van der Waals surface area (Å²) in [5, 5.41) is 8.78. The highest BCUT2D eigenvalue weighted by Crippen LogP contribution is 2.19. The number of hydrogen-bond donors (Lipinski definition) is 0. The maximum atomic E-state index is 12.6. The lowest BCUT2D eigenvalue weighted by Gasteiger charge is -2.36. The molecule has 0 spiro atoms. The summed E-state index contributed by atoms with van der Waals surface area (Å²) >= 11 is 0. The van der Waals surface area contributed by atoms with Crippen LogP contribution in [0.2, 0.25) is 0 Å². The molecule has 0 bridgehead atoms. The fourth-order valence-corrected chi connectivity index (χ4v) is 2.68. The van der Waals surface area contributed by atoms with Crippen LogP contribution in [-0.2, 0) is 11.3 Å². The first-order chi connectivity index (χ1) is 12.1. The number of nitrogens with zero attached hydrogens (tertiary/aromatic N) is 2. The van der Waals surface area contributed by atoms with Gasteiger partial charge in [0, 0.05) is 6.54 Å². The molecule has 1 amide bonds. The second kappa shape index (κ2) is 7.41. The molecule has 1 aliphatic rings. The predicted molar refractivity (Wildman–Crippen MR) is 90.1 cm³/mol. The van der Waals surface area contributed by atoms with Gasteiger partial charge in [0.05, 0.1) is 30.4 Å². The molecule has 2 atom stereocenters. The maximum absolute atomic E-state index is 12.6. The molecule has 0 radical (unpaired) electrons. The molecule has 25 heavy (non-hydrogen) atoms. The lowest BCUT2D eigenvalue weighted by Crippen LogP contribution is -2.50. The smallest absolute Gasteiger partial charge is 0.289 e. The highest BCUT2D eigenvalue weighted by molar-refractivity contribution is 5.91. The molecule has 0 N–H and O–H groups in total. The maximum Gasteiger partial charge on any atom is 0.289 e. The summed E-state index contributed by atoms with van der Waals surface area (Å²) in [4.78, 5) is 14.4. The normalized spacial score (nSPS) is 20.1. The minimum Gasteiger partial charge on any atom is -0.486 e. The van der Waals surface area contributed by atoms with Crippen LogP contribution in [0.1, 0.15) is 35.7 Å². The van der Waals surface area contributed by atoms with Crippen molar-refractivity contribution in [3.8, 4) is 11.8 Å². The second-order valence-electron chi connectivity index (χ2n) is 6.14. The molecule has 130 valence electrons. The van der Waals surface area contributed by atoms with Crippen LogP contribution >= 0.6 is 0 Å². The van der Waals surface area contributed by atoms with Crippen molar-refractivity contribution in [2.45, 2.75) is 32.6 Å². The van der Waals surface area contributed by atoms with Crippen molar-refractivity contribution >= 4 is 5.91 Å². The second-order valence-corrected chi connectivity index (χ2v) is 6.14. The van der Waals surface area contributed by atoms with E-state index in [0.717, 1.165) is 0 Å². The minimum atomic E-state index is -0.132. The fraction of sp³-hybridized carbons (Fsp3) is 0.368. The van der Waals surface area contributed by atoms with E-state index < -0.39 is 0 Å². The van der Waals surface area contributed by atoms with Gasteiger partial charge in [0.15, 0.2) is 5.76 Å². The Morgan fingerprint density at radius 1 is 1.28 bits per heavy atom. The first kappa shape index (κ1) is 17.1. The fourth-order valence-electron chi connectivity index (χ4n) is 2.68. The van der Waals surface area contributed by atoms with Crippen LogP contribution in [0, 0.1) is 11.3 Å². The van der Waals surface area contributed by atoms with Crippen LogP contribution in [-0.4, -0.2) is 36.1 Å². The number of morpholine rings is 1. The van der Waals surface area contributed by atoms with E-state index in [1.165, 1.54) is 0 Å². The van der Waals surface area contributed by atoms with Gasteiger partial charge in [-0.2, -0.15) is 5.26 Å². The summed E-state index contributed by atoms with van der Waals surface area (Å²) in [6.07, 6.45) is 0.0225. The van der Waals surface area contributed by atoms with Gasteiger partial charge in [-0.1, -0.05) is 0 Å². The van der Waals surface area contributed by atoms with E-state index in [2.05, 4.69) is 6.07 Å². The van der Waals surface area contributed by atoms with Gasteiger partial charge in [-0.15, -0.1) is 0 Å². The Hall–Kier alpha value is -2.78. The monoisotopic (exact) mass is 340 g/mol. The van der Waals surface area contributed by atoms with Gasteiger partial charge >= 0.3 is 0 Å². The average molecular weight is 340 g/mol. The van der Waals surface area contributed by atoms with Crippen LogP contribution in [0.15, 0.2) is 40.8 Å². The summed E-state index contributed by atoms with van der Waals surface area (Å²) in [5.41, 5.74) is 0.576. The van der Waals surface area contributed by atoms with Crippen molar-refractivity contribution < 1.29 is 18.7 Å². The van der Waals surface area contributed by atoms with Gasteiger partial charge in [0.25, 0.3) is 5.91 Å². The van der Waals surface area contributed by atoms with E-state index in [-0.39, 0.29) is 24.7 Å². The molecular formula is C19H20N2O4. The molecule has 1 aliphatic heterocycles. The third-order valence-corrected chi connectivity index (χ3v) is 4.11. The first-order valence-electron chi connectivity index (χ1n) is 8.21. The third-order valence-electron chi connectivity index (χ3n) is 4.11. The molecule has 2 heterocycles. The van der Waals surface area contributed by atoms with Crippen molar-refractivity contribution in [1.82, 2.24) is 4.90 Å². The molecule has 2 aromatic rings. The lowest BCUT2D eigenvalue weighted by atomic mass is 10.2. The summed E-state index contributed by atoms with van der Waals surface area (Å²) in [6.45, 7) is 5.21. The van der Waals surface area contributed by atoms with Crippen LogP contribution in [0.25, 0.3) is 0 Å². The number of carbonyl (C=O) groups excluding carboxylic acids is 1. The van der Waals surface area contributed by atoms with E-state index in [9.17, 15) is 4.79 Å². The van der Waals surface area contributed by atoms with Crippen molar-refractivity contribution in [1.29, 1.82) is 5.26 Å². The van der Waals surface area contributed by atoms with Crippen LogP contribution < -0.4 is 4.74 Å². The number of nitriles is 1. The van der Waals surface area contributed by atoms with Crippen molar-refractivity contribution in [2.24, 2.45) is 0 Å². The van der Waals surface area contributed by atoms with Crippen LogP contribution in [0.4, 0.5) is 0 Å². The standard InChI is InChI=1S/C19H20N2O4/c1-13-11-23-14(2)10-21(13)19(22)18-8-7-17(25-18)12-24-16-5-3-15(9-20)4-6-16/h3-8,13-14H,10-12H2,1-2H3. The molecule has 0 aliphatic carbocycles. The van der Waals surface area contributed by atoms with E-state index in [1.54, 1.807) is 41.3 Å². The number of benzene rings is 1. The zero-order valence-electron chi connectivity index (χ0n) is 14.3. The molecule has 1 saturated heterocycles. The number of carbonyl (C=O) groups is 1. The number of furan rings is 1. The molecular weight excluding hydrogens is 320 g/mol. The SMILES string of the molecule is CC1CN(C(=O)c2ccc(COc3ccc(C#N)cc3)o2)C(C)CO1. The van der Waals surface area contributed by atoms with Gasteiger partial charge in [-0.25, -0.2) is 0 Å². The van der Waals surface area contributed by atoms with E-state index >= 15 is 0 Å². The van der Waals surface area contributed by atoms with Gasteiger partial charge in [-0.05, 0) is 50.2 Å². The Morgan fingerprint density at radius 3 is 2.76 bits per heavy atom. The Balaban J connectivity index is 1.61. The Bertz CT molecular complexity index is 775. The van der Waals surface area contributed by atoms with E-state index in [0.29, 0.717) is 36.0 Å². The predicted octanol–water partition coefficient (Wildman–Crippen LogP) is 2.98. The average Bonchev–Trinajstić information content (AvgIpc) is 3.11. The molecule has 1 aromatic heterocycles. The highest BCUT2D eigenvalue weighted by atomic mass is 16.5. The van der Waals surface area contributed by atoms with Gasteiger partial charge in [0.1, 0.15) is 18.1 Å². The molecule has 1 aromatic carbocycles. The molecule has 3 rings (SSSR count). The largest absolute Gasteiger partial charge is 0.486 e. The zero-order valence-corrected chi connectivity index (χ0v) is 14.3. The number of ether oxygens (including phenoxy) is 2. The van der Waals surface area contributed by atoms with Gasteiger partial charge in [-0.3, -0.25) is 4.79 Å². The number of hydrogen-bond acceptors (Lipinski definition) is 5. The third kappa shape index (κ3) is 4.01. The van der Waals surface area contributed by atoms with Crippen LogP contribution in [0.5, 0.6) is 5.75 Å². The molecule has 0 saturated carbocycles. The van der Waals surface area contributed by atoms with E-state index in [1.807, 2.05) is 13.8 Å². The summed E-state index contributed by atoms with van der Waals surface area (Å²) < 4.78 is 16.8. The first-order valence-corrected chi connectivity index (χ1v) is 8.21. The summed E-state index contributed by atoms with van der Waals surface area (Å²) in [6, 6.07) is 12.3. The molecule has 6 nitrogen and oxygen atoms in total. The number of amides is 1. The molecule has 1 fully saturated rings. The Morgan fingerprint density at radius 2 is 2.04 bits per heavy atom. The highest BCUT2D eigenvalue weighted by Gasteiger charge is 2.29. The zero-order chi connectivity index (χ0) is 17.8. The van der Waals surface area contributed by atoms with Crippen molar-refractivity contribution in [3.63, 3.8) is 0 Å².